The summed E-state index contributed by atoms with van der Waals surface area (Å²) in [5, 5.41) is 12.5. The SMILES string of the molecule is CC(C)(O)c1nc(B2OC(C)(C)C(C)(C)O2)cs1. The van der Waals surface area contributed by atoms with Crippen LogP contribution in [-0.4, -0.2) is 28.4 Å². The highest BCUT2D eigenvalue weighted by Gasteiger charge is 2.52. The van der Waals surface area contributed by atoms with Gasteiger partial charge in [-0.2, -0.15) is 0 Å². The normalized spacial score (nSPS) is 22.5. The van der Waals surface area contributed by atoms with Crippen molar-refractivity contribution in [2.45, 2.75) is 58.3 Å². The fourth-order valence-electron chi connectivity index (χ4n) is 1.64. The molecule has 0 atom stereocenters. The highest BCUT2D eigenvalue weighted by atomic mass is 32.1. The maximum absolute atomic E-state index is 9.92. The van der Waals surface area contributed by atoms with Crippen molar-refractivity contribution in [3.8, 4) is 0 Å². The first-order valence-electron chi connectivity index (χ1n) is 6.07. The van der Waals surface area contributed by atoms with E-state index in [0.717, 1.165) is 5.59 Å². The van der Waals surface area contributed by atoms with Crippen LogP contribution in [0.1, 0.15) is 46.6 Å². The van der Waals surface area contributed by atoms with Gasteiger partial charge in [0.1, 0.15) is 10.6 Å². The monoisotopic (exact) mass is 269 g/mol. The predicted molar refractivity (Wildman–Crippen MR) is 73.1 cm³/mol. The van der Waals surface area contributed by atoms with Gasteiger partial charge in [0.25, 0.3) is 0 Å². The second-order valence-corrected chi connectivity index (χ2v) is 7.08. The minimum Gasteiger partial charge on any atom is -0.398 e. The lowest BCUT2D eigenvalue weighted by molar-refractivity contribution is 0.00578. The van der Waals surface area contributed by atoms with Crippen molar-refractivity contribution in [1.82, 2.24) is 4.98 Å². The Labute approximate surface area is 112 Å². The van der Waals surface area contributed by atoms with Crippen molar-refractivity contribution in [3.05, 3.63) is 10.4 Å². The lowest BCUT2D eigenvalue weighted by atomic mass is 9.86. The molecule has 2 heterocycles. The first-order chi connectivity index (χ1) is 8.03. The van der Waals surface area contributed by atoms with Crippen LogP contribution in [0.3, 0.4) is 0 Å². The van der Waals surface area contributed by atoms with Crippen molar-refractivity contribution in [3.63, 3.8) is 0 Å². The van der Waals surface area contributed by atoms with Gasteiger partial charge in [0.05, 0.1) is 16.8 Å². The number of hydrogen-bond donors (Lipinski definition) is 1. The van der Waals surface area contributed by atoms with E-state index in [2.05, 4.69) is 4.98 Å². The molecular formula is C12H20BNO3S. The van der Waals surface area contributed by atoms with Crippen molar-refractivity contribution in [1.29, 1.82) is 0 Å². The average Bonchev–Trinajstić information content (AvgIpc) is 2.69. The van der Waals surface area contributed by atoms with Gasteiger partial charge in [-0.3, -0.25) is 0 Å². The quantitative estimate of drug-likeness (QED) is 0.830. The maximum atomic E-state index is 9.92. The van der Waals surface area contributed by atoms with Gasteiger partial charge in [0.2, 0.25) is 0 Å². The molecular weight excluding hydrogens is 249 g/mol. The Balaban J connectivity index is 2.23. The highest BCUT2D eigenvalue weighted by molar-refractivity contribution is 7.10. The fourth-order valence-corrected chi connectivity index (χ4v) is 2.48. The van der Waals surface area contributed by atoms with Crippen molar-refractivity contribution >= 4 is 24.0 Å². The minimum atomic E-state index is -0.924. The van der Waals surface area contributed by atoms with Gasteiger partial charge in [-0.05, 0) is 41.5 Å². The molecule has 0 unspecified atom stereocenters. The first kappa shape index (κ1) is 14.0. The first-order valence-corrected chi connectivity index (χ1v) is 6.95. The summed E-state index contributed by atoms with van der Waals surface area (Å²) in [7, 11) is -0.456. The van der Waals surface area contributed by atoms with Gasteiger partial charge in [-0.25, -0.2) is 4.98 Å². The standard InChI is InChI=1S/C12H20BNO3S/c1-10(2,15)9-14-8(7-18-9)13-16-11(3,4)12(5,6)17-13/h7,15H,1-6H3. The Morgan fingerprint density at radius 2 is 1.72 bits per heavy atom. The summed E-state index contributed by atoms with van der Waals surface area (Å²) < 4.78 is 11.8. The maximum Gasteiger partial charge on any atom is 0.515 e. The van der Waals surface area contributed by atoms with Crippen LogP contribution in [0.4, 0.5) is 0 Å². The van der Waals surface area contributed by atoms with Gasteiger partial charge in [0, 0.05) is 5.38 Å². The van der Waals surface area contributed by atoms with E-state index in [1.54, 1.807) is 13.8 Å². The van der Waals surface area contributed by atoms with Crippen LogP contribution in [0.25, 0.3) is 0 Å². The topological polar surface area (TPSA) is 51.6 Å². The van der Waals surface area contributed by atoms with Crippen LogP contribution in [0.2, 0.25) is 0 Å². The highest BCUT2D eigenvalue weighted by Crippen LogP contribution is 2.36. The average molecular weight is 269 g/mol. The Morgan fingerprint density at radius 3 is 2.11 bits per heavy atom. The van der Waals surface area contributed by atoms with Gasteiger partial charge in [0.15, 0.2) is 0 Å². The number of aromatic nitrogens is 1. The summed E-state index contributed by atoms with van der Waals surface area (Å²) in [5.41, 5.74) is -0.922. The summed E-state index contributed by atoms with van der Waals surface area (Å²) in [4.78, 5) is 4.41. The molecule has 1 aliphatic heterocycles. The Kier molecular flexibility index (Phi) is 3.14. The lowest BCUT2D eigenvalue weighted by Gasteiger charge is -2.32. The third-order valence-corrected chi connectivity index (χ3v) is 4.71. The molecule has 0 aromatic carbocycles. The van der Waals surface area contributed by atoms with Crippen LogP contribution in [0.15, 0.2) is 5.38 Å². The van der Waals surface area contributed by atoms with E-state index in [4.69, 9.17) is 9.31 Å². The van der Waals surface area contributed by atoms with E-state index in [1.165, 1.54) is 11.3 Å². The van der Waals surface area contributed by atoms with Gasteiger partial charge in [-0.15, -0.1) is 11.3 Å². The second kappa shape index (κ2) is 4.03. The summed E-state index contributed by atoms with van der Waals surface area (Å²) in [6.07, 6.45) is 0. The Bertz CT molecular complexity index is 434. The van der Waals surface area contributed by atoms with Crippen LogP contribution in [0.5, 0.6) is 0 Å². The smallest absolute Gasteiger partial charge is 0.398 e. The predicted octanol–water partition coefficient (Wildman–Crippen LogP) is 1.67. The molecule has 4 nitrogen and oxygen atoms in total. The van der Waals surface area contributed by atoms with E-state index in [9.17, 15) is 5.11 Å². The molecule has 0 bridgehead atoms. The minimum absolute atomic E-state index is 0.365. The molecule has 0 saturated carbocycles. The number of aliphatic hydroxyl groups is 1. The van der Waals surface area contributed by atoms with Gasteiger partial charge < -0.3 is 14.4 Å². The molecule has 2 rings (SSSR count). The summed E-state index contributed by atoms with van der Waals surface area (Å²) in [6.45, 7) is 11.5. The zero-order valence-electron chi connectivity index (χ0n) is 11.8. The molecule has 0 aliphatic carbocycles. The molecule has 1 aromatic rings. The van der Waals surface area contributed by atoms with E-state index in [1.807, 2.05) is 33.1 Å². The zero-order chi connectivity index (χ0) is 13.8. The lowest BCUT2D eigenvalue weighted by Crippen LogP contribution is -2.41. The third kappa shape index (κ3) is 2.34. The van der Waals surface area contributed by atoms with Crippen LogP contribution in [0, 0.1) is 0 Å². The number of rotatable bonds is 2. The number of nitrogens with zero attached hydrogens (tertiary/aromatic N) is 1. The van der Waals surface area contributed by atoms with Crippen molar-refractivity contribution in [2.24, 2.45) is 0 Å². The van der Waals surface area contributed by atoms with Gasteiger partial charge >= 0.3 is 7.12 Å². The molecule has 0 spiro atoms. The summed E-state index contributed by atoms with van der Waals surface area (Å²) >= 11 is 1.42. The Hall–Kier alpha value is -0.425. The molecule has 100 valence electrons. The second-order valence-electron chi connectivity index (χ2n) is 6.22. The molecule has 0 radical (unpaired) electrons. The zero-order valence-corrected chi connectivity index (χ0v) is 12.6. The molecule has 1 aromatic heterocycles. The number of hydrogen-bond acceptors (Lipinski definition) is 5. The van der Waals surface area contributed by atoms with Gasteiger partial charge in [-0.1, -0.05) is 0 Å². The van der Waals surface area contributed by atoms with Crippen LogP contribution in [-0.2, 0) is 14.9 Å². The van der Waals surface area contributed by atoms with Crippen molar-refractivity contribution in [2.75, 3.05) is 0 Å². The van der Waals surface area contributed by atoms with Crippen LogP contribution < -0.4 is 5.59 Å². The van der Waals surface area contributed by atoms with Crippen LogP contribution >= 0.6 is 11.3 Å². The van der Waals surface area contributed by atoms with E-state index < -0.39 is 12.7 Å². The molecule has 1 aliphatic rings. The molecule has 1 fully saturated rings. The van der Waals surface area contributed by atoms with E-state index >= 15 is 0 Å². The Morgan fingerprint density at radius 1 is 1.22 bits per heavy atom. The number of thiazole rings is 1. The fraction of sp³-hybridized carbons (Fsp3) is 0.750. The van der Waals surface area contributed by atoms with Crippen molar-refractivity contribution < 1.29 is 14.4 Å². The molecule has 1 N–H and O–H groups in total. The largest absolute Gasteiger partial charge is 0.515 e. The molecule has 6 heteroatoms. The van der Waals surface area contributed by atoms with E-state index in [-0.39, 0.29) is 11.2 Å². The summed E-state index contributed by atoms with van der Waals surface area (Å²) in [6, 6.07) is 0. The molecule has 0 amide bonds. The molecule has 1 saturated heterocycles. The van der Waals surface area contributed by atoms with E-state index in [0.29, 0.717) is 5.01 Å². The summed E-state index contributed by atoms with van der Waals surface area (Å²) in [5.74, 6) is 0. The third-order valence-electron chi connectivity index (χ3n) is 3.54. The molecule has 18 heavy (non-hydrogen) atoms.